The summed E-state index contributed by atoms with van der Waals surface area (Å²) in [5, 5.41) is 2.83. The molecule has 0 atom stereocenters. The third-order valence-electron chi connectivity index (χ3n) is 0.768. The summed E-state index contributed by atoms with van der Waals surface area (Å²) in [6.07, 6.45) is 0.907. The highest BCUT2D eigenvalue weighted by Crippen LogP contribution is 2.70. The molecule has 0 heterocycles. The van der Waals surface area contributed by atoms with Gasteiger partial charge < -0.3 is 0 Å². The molecule has 0 saturated heterocycles. The average Bonchev–Trinajstić information content (AvgIpc) is 1.78. The van der Waals surface area contributed by atoms with Crippen LogP contribution in [0.4, 0.5) is 0 Å². The van der Waals surface area contributed by atoms with E-state index in [1.807, 2.05) is 6.92 Å². The zero-order chi connectivity index (χ0) is 9.83. The van der Waals surface area contributed by atoms with Gasteiger partial charge in [-0.05, 0) is 63.2 Å². The lowest BCUT2D eigenvalue weighted by molar-refractivity contribution is 0.872. The normalized spacial score (nSPS) is 13.1. The van der Waals surface area contributed by atoms with Crippen molar-refractivity contribution in [1.29, 1.82) is 0 Å². The van der Waals surface area contributed by atoms with Crippen LogP contribution in [-0.2, 0) is 11.8 Å². The second-order valence-corrected chi connectivity index (χ2v) is 14.5. The topological polar surface area (TPSA) is 24.4 Å². The third kappa shape index (κ3) is 8.59. The van der Waals surface area contributed by atoms with E-state index in [9.17, 15) is 0 Å². The zero-order valence-electron chi connectivity index (χ0n) is 6.18. The van der Waals surface area contributed by atoms with Gasteiger partial charge in [0.2, 0.25) is 10.8 Å². The number of nitrogens with one attached hydrogen (secondary N) is 1. The Kier molecular flexibility index (Phi) is 6.74. The predicted octanol–water partition coefficient (Wildman–Crippen LogP) is 5.11. The molecular weight excluding hydrogens is 300 g/mol. The van der Waals surface area contributed by atoms with Crippen LogP contribution in [-0.4, -0.2) is 6.54 Å². The quantitative estimate of drug-likeness (QED) is 0.730. The Hall–Kier alpha value is 2.00. The number of nitrogens with zero attached hydrogens (tertiary/aromatic N) is 1. The highest BCUT2D eigenvalue weighted by atomic mass is 35.9. The molecule has 2 nitrogen and oxygen atoms in total. The van der Waals surface area contributed by atoms with Crippen LogP contribution in [0, 0.1) is 0 Å². The second kappa shape index (κ2) is 5.78. The van der Waals surface area contributed by atoms with Crippen LogP contribution >= 0.6 is 55.8 Å². The largest absolute Gasteiger partial charge is 0.259 e. The van der Waals surface area contributed by atoms with Crippen molar-refractivity contribution in [2.75, 3.05) is 6.54 Å². The lowest BCUT2D eigenvalue weighted by Gasteiger charge is -2.11. The van der Waals surface area contributed by atoms with Crippen molar-refractivity contribution in [3.63, 3.8) is 0 Å². The standard InChI is InChI=1S/C3H8Cl4N2P2S/c1-2-3-8-10(4,5)9-11(6,7)12/h8H,2-3H2,1H3. The van der Waals surface area contributed by atoms with Crippen LogP contribution in [0.1, 0.15) is 13.3 Å². The Morgan fingerprint density at radius 3 is 2.17 bits per heavy atom. The molecule has 74 valence electrons. The number of rotatable bonds is 4. The molecule has 0 rings (SSSR count). The molecule has 12 heavy (non-hydrogen) atoms. The second-order valence-electron chi connectivity index (χ2n) is 1.92. The summed E-state index contributed by atoms with van der Waals surface area (Å²) in [6.45, 7) is 2.66. The van der Waals surface area contributed by atoms with Gasteiger partial charge in [-0.2, -0.15) is 4.52 Å². The van der Waals surface area contributed by atoms with Gasteiger partial charge in [-0.1, -0.05) is 6.92 Å². The van der Waals surface area contributed by atoms with Crippen LogP contribution < -0.4 is 5.09 Å². The van der Waals surface area contributed by atoms with Crippen LogP contribution in [0.3, 0.4) is 0 Å². The van der Waals surface area contributed by atoms with Gasteiger partial charge in [0.1, 0.15) is 0 Å². The van der Waals surface area contributed by atoms with E-state index in [0.29, 0.717) is 6.54 Å². The summed E-state index contributed by atoms with van der Waals surface area (Å²) in [7, 11) is 0. The maximum Gasteiger partial charge on any atom is 0.227 e. The van der Waals surface area contributed by atoms with Crippen molar-refractivity contribution in [2.24, 2.45) is 4.52 Å². The molecule has 0 amide bonds. The molecule has 9 heteroatoms. The summed E-state index contributed by atoms with van der Waals surface area (Å²) in [5.74, 6) is -2.58. The first kappa shape index (κ1) is 14.0. The van der Waals surface area contributed by atoms with Gasteiger partial charge in [0.25, 0.3) is 0 Å². The molecule has 0 aliphatic rings. The fourth-order valence-corrected chi connectivity index (χ4v) is 9.31. The lowest BCUT2D eigenvalue weighted by atomic mass is 10.5. The van der Waals surface area contributed by atoms with Crippen molar-refractivity contribution in [3.8, 4) is 0 Å². The van der Waals surface area contributed by atoms with E-state index < -0.39 is 10.8 Å². The molecular formula is C3H8Cl4N2P2S. The van der Waals surface area contributed by atoms with Crippen LogP contribution in [0.5, 0.6) is 0 Å². The first-order chi connectivity index (χ1) is 5.27. The molecule has 0 fully saturated rings. The van der Waals surface area contributed by atoms with E-state index in [2.05, 4.69) is 21.4 Å². The van der Waals surface area contributed by atoms with Crippen molar-refractivity contribution in [1.82, 2.24) is 5.09 Å². The molecule has 0 bridgehead atoms. The zero-order valence-corrected chi connectivity index (χ0v) is 11.8. The number of halogens is 4. The van der Waals surface area contributed by atoms with Gasteiger partial charge in [0.15, 0.2) is 0 Å². The van der Waals surface area contributed by atoms with E-state index in [4.69, 9.17) is 45.0 Å². The van der Waals surface area contributed by atoms with Crippen molar-refractivity contribution < 1.29 is 0 Å². The van der Waals surface area contributed by atoms with Crippen molar-refractivity contribution in [3.05, 3.63) is 0 Å². The fourth-order valence-electron chi connectivity index (χ4n) is 0.409. The third-order valence-corrected chi connectivity index (χ3v) is 6.91. The molecule has 0 aromatic carbocycles. The minimum Gasteiger partial charge on any atom is -0.259 e. The summed E-state index contributed by atoms with van der Waals surface area (Å²) < 4.78 is 3.77. The van der Waals surface area contributed by atoms with Gasteiger partial charge in [-0.15, -0.1) is 0 Å². The highest BCUT2D eigenvalue weighted by molar-refractivity contribution is 8.40. The molecule has 1 N–H and O–H groups in total. The summed E-state index contributed by atoms with van der Waals surface area (Å²) >= 11 is 27.3. The minimum absolute atomic E-state index is 0.674. The van der Waals surface area contributed by atoms with E-state index in [1.165, 1.54) is 0 Å². The van der Waals surface area contributed by atoms with Crippen molar-refractivity contribution >= 4 is 67.6 Å². The fraction of sp³-hybridized carbons (Fsp3) is 1.00. The van der Waals surface area contributed by atoms with E-state index in [0.717, 1.165) is 6.42 Å². The first-order valence-corrected chi connectivity index (χ1v) is 11.2. The van der Waals surface area contributed by atoms with Crippen LogP contribution in [0.2, 0.25) is 0 Å². The molecule has 0 unspecified atom stereocenters. The maximum atomic E-state index is 5.79. The van der Waals surface area contributed by atoms with Gasteiger partial charge in [-0.3, -0.25) is 5.09 Å². The number of hydrogen-bond donors (Lipinski definition) is 1. The predicted molar refractivity (Wildman–Crippen MR) is 65.3 cm³/mol. The Morgan fingerprint density at radius 2 is 1.83 bits per heavy atom. The lowest BCUT2D eigenvalue weighted by Crippen LogP contribution is -2.04. The molecule has 0 radical (unpaired) electrons. The van der Waals surface area contributed by atoms with Gasteiger partial charge >= 0.3 is 0 Å². The van der Waals surface area contributed by atoms with E-state index >= 15 is 0 Å². The van der Waals surface area contributed by atoms with E-state index in [-0.39, 0.29) is 0 Å². The maximum absolute atomic E-state index is 5.79. The summed E-state index contributed by atoms with van der Waals surface area (Å²) in [6, 6.07) is 0. The monoisotopic (exact) mass is 306 g/mol. The molecule has 0 aromatic heterocycles. The molecule has 0 aliphatic carbocycles. The molecule has 0 aromatic rings. The number of hydrogen-bond acceptors (Lipinski definition) is 1. The van der Waals surface area contributed by atoms with Crippen LogP contribution in [0.15, 0.2) is 4.52 Å². The molecule has 0 aliphatic heterocycles. The van der Waals surface area contributed by atoms with Gasteiger partial charge in [0, 0.05) is 6.54 Å². The Morgan fingerprint density at radius 1 is 1.33 bits per heavy atom. The van der Waals surface area contributed by atoms with Gasteiger partial charge in [-0.25, -0.2) is 0 Å². The molecule has 0 spiro atoms. The Labute approximate surface area is 96.6 Å². The van der Waals surface area contributed by atoms with Crippen molar-refractivity contribution in [2.45, 2.75) is 13.3 Å². The first-order valence-electron chi connectivity index (χ1n) is 3.04. The SMILES string of the molecule is CCCNP(Cl)(Cl)=NP(=S)(Cl)Cl. The average molecular weight is 308 g/mol. The smallest absolute Gasteiger partial charge is 0.227 e. The van der Waals surface area contributed by atoms with Crippen LogP contribution in [0.25, 0.3) is 0 Å². The molecule has 0 saturated carbocycles. The Bertz CT molecular complexity index is 232. The van der Waals surface area contributed by atoms with Gasteiger partial charge in [0.05, 0.1) is 0 Å². The minimum atomic E-state index is -2.70. The highest BCUT2D eigenvalue weighted by Gasteiger charge is 2.16. The Balaban J connectivity index is 4.38. The summed E-state index contributed by atoms with van der Waals surface area (Å²) in [5.41, 5.74) is 0. The summed E-state index contributed by atoms with van der Waals surface area (Å²) in [4.78, 5) is -2.70. The van der Waals surface area contributed by atoms with E-state index in [1.54, 1.807) is 0 Å².